The van der Waals surface area contributed by atoms with Crippen LogP contribution >= 0.6 is 11.8 Å². The van der Waals surface area contributed by atoms with Gasteiger partial charge in [-0.05, 0) is 40.0 Å². The number of nitrogens with one attached hydrogen (secondary N) is 1. The van der Waals surface area contributed by atoms with E-state index in [1.807, 2.05) is 0 Å². The number of nitrogens with zero attached hydrogens (tertiary/aromatic N) is 4. The van der Waals surface area contributed by atoms with Gasteiger partial charge in [-0.25, -0.2) is 9.07 Å². The fraction of sp³-hybridized carbons (Fsp3) is 0.529. The maximum atomic E-state index is 13.2. The molecular weight excluding hydrogens is 341 g/mol. The van der Waals surface area contributed by atoms with Crippen LogP contribution in [0.3, 0.4) is 0 Å². The first-order chi connectivity index (χ1) is 11.7. The number of thioether (sulfide) groups is 1. The second-order valence-electron chi connectivity index (χ2n) is 7.12. The summed E-state index contributed by atoms with van der Waals surface area (Å²) in [6.07, 6.45) is 1.13. The van der Waals surface area contributed by atoms with Gasteiger partial charge in [0, 0.05) is 19.2 Å². The van der Waals surface area contributed by atoms with Gasteiger partial charge in [-0.2, -0.15) is 0 Å². The normalized spacial score (nSPS) is 12.8. The number of halogens is 1. The van der Waals surface area contributed by atoms with Crippen molar-refractivity contribution in [2.24, 2.45) is 12.5 Å². The molecule has 0 aliphatic heterocycles. The SMILES string of the molecule is Cn1nnnc1SCCC(=O)NC(CC(C)(C)C)c1ccc(F)cc1. The number of tetrazole rings is 1. The van der Waals surface area contributed by atoms with Crippen LogP contribution in [-0.2, 0) is 11.8 Å². The Morgan fingerprint density at radius 3 is 2.56 bits per heavy atom. The van der Waals surface area contributed by atoms with Crippen LogP contribution in [0.25, 0.3) is 0 Å². The van der Waals surface area contributed by atoms with E-state index < -0.39 is 0 Å². The van der Waals surface area contributed by atoms with Crippen LogP contribution in [0.5, 0.6) is 0 Å². The Labute approximate surface area is 151 Å². The standard InChI is InChI=1S/C17H24FN5OS/c1-17(2,3)11-14(12-5-7-13(18)8-6-12)19-15(24)9-10-25-16-20-21-22-23(16)4/h5-8,14H,9-11H2,1-4H3,(H,19,24). The van der Waals surface area contributed by atoms with E-state index in [1.54, 1.807) is 23.9 Å². The molecule has 0 spiro atoms. The third kappa shape index (κ3) is 6.45. The predicted octanol–water partition coefficient (Wildman–Crippen LogP) is 3.13. The summed E-state index contributed by atoms with van der Waals surface area (Å²) >= 11 is 1.44. The van der Waals surface area contributed by atoms with Gasteiger partial charge in [0.15, 0.2) is 0 Å². The molecule has 1 aromatic carbocycles. The van der Waals surface area contributed by atoms with E-state index in [-0.39, 0.29) is 23.2 Å². The number of rotatable bonds is 7. The van der Waals surface area contributed by atoms with Crippen molar-refractivity contribution in [3.8, 4) is 0 Å². The van der Waals surface area contributed by atoms with Crippen LogP contribution in [0.15, 0.2) is 29.4 Å². The first kappa shape index (κ1) is 19.4. The topological polar surface area (TPSA) is 72.7 Å². The van der Waals surface area contributed by atoms with Gasteiger partial charge in [0.2, 0.25) is 11.1 Å². The largest absolute Gasteiger partial charge is 0.349 e. The van der Waals surface area contributed by atoms with E-state index in [1.165, 1.54) is 23.9 Å². The molecule has 25 heavy (non-hydrogen) atoms. The minimum Gasteiger partial charge on any atom is -0.349 e. The summed E-state index contributed by atoms with van der Waals surface area (Å²) in [5.41, 5.74) is 0.945. The van der Waals surface area contributed by atoms with Gasteiger partial charge in [0.05, 0.1) is 6.04 Å². The molecule has 1 atom stereocenters. The molecule has 1 unspecified atom stereocenters. The number of aromatic nitrogens is 4. The minimum atomic E-state index is -0.279. The summed E-state index contributed by atoms with van der Waals surface area (Å²) in [4.78, 5) is 12.3. The molecule has 0 saturated heterocycles. The molecule has 136 valence electrons. The highest BCUT2D eigenvalue weighted by atomic mass is 32.2. The highest BCUT2D eigenvalue weighted by Crippen LogP contribution is 2.29. The Kier molecular flexibility index (Phi) is 6.52. The molecule has 1 heterocycles. The molecule has 0 aliphatic rings. The quantitative estimate of drug-likeness (QED) is 0.763. The van der Waals surface area contributed by atoms with E-state index in [0.29, 0.717) is 17.3 Å². The van der Waals surface area contributed by atoms with Crippen molar-refractivity contribution in [3.05, 3.63) is 35.6 Å². The molecule has 1 N–H and O–H groups in total. The predicted molar refractivity (Wildman–Crippen MR) is 95.5 cm³/mol. The first-order valence-corrected chi connectivity index (χ1v) is 9.13. The average Bonchev–Trinajstić information content (AvgIpc) is 2.91. The van der Waals surface area contributed by atoms with Crippen LogP contribution in [0.2, 0.25) is 0 Å². The fourth-order valence-corrected chi connectivity index (χ4v) is 3.19. The van der Waals surface area contributed by atoms with E-state index in [0.717, 1.165) is 12.0 Å². The molecule has 0 saturated carbocycles. The Hall–Kier alpha value is -1.96. The van der Waals surface area contributed by atoms with Crippen molar-refractivity contribution < 1.29 is 9.18 Å². The number of hydrogen-bond acceptors (Lipinski definition) is 5. The first-order valence-electron chi connectivity index (χ1n) is 8.14. The zero-order chi connectivity index (χ0) is 18.4. The van der Waals surface area contributed by atoms with Crippen molar-refractivity contribution in [3.63, 3.8) is 0 Å². The van der Waals surface area contributed by atoms with Crippen molar-refractivity contribution in [2.45, 2.75) is 44.8 Å². The third-order valence-electron chi connectivity index (χ3n) is 3.57. The lowest BCUT2D eigenvalue weighted by molar-refractivity contribution is -0.121. The van der Waals surface area contributed by atoms with Gasteiger partial charge in [-0.15, -0.1) is 5.10 Å². The molecule has 0 aliphatic carbocycles. The molecule has 6 nitrogen and oxygen atoms in total. The zero-order valence-corrected chi connectivity index (χ0v) is 15.8. The Balaban J connectivity index is 1.94. The number of carbonyl (C=O) groups is 1. The second kappa shape index (κ2) is 8.42. The van der Waals surface area contributed by atoms with Crippen molar-refractivity contribution in [2.75, 3.05) is 5.75 Å². The number of aryl methyl sites for hydroxylation is 1. The molecule has 1 amide bonds. The second-order valence-corrected chi connectivity index (χ2v) is 8.18. The molecule has 2 aromatic rings. The Morgan fingerprint density at radius 2 is 2.00 bits per heavy atom. The Bertz CT molecular complexity index is 696. The number of carbonyl (C=O) groups excluding carboxylic acids is 1. The molecule has 2 rings (SSSR count). The van der Waals surface area contributed by atoms with Crippen LogP contribution in [0, 0.1) is 11.2 Å². The van der Waals surface area contributed by atoms with Crippen molar-refractivity contribution in [1.82, 2.24) is 25.5 Å². The van der Waals surface area contributed by atoms with E-state index in [4.69, 9.17) is 0 Å². The fourth-order valence-electron chi connectivity index (χ4n) is 2.40. The zero-order valence-electron chi connectivity index (χ0n) is 15.0. The van der Waals surface area contributed by atoms with Gasteiger partial charge in [-0.3, -0.25) is 4.79 Å². The van der Waals surface area contributed by atoms with E-state index >= 15 is 0 Å². The van der Waals surface area contributed by atoms with Crippen LogP contribution in [-0.4, -0.2) is 31.9 Å². The van der Waals surface area contributed by atoms with Crippen LogP contribution in [0.4, 0.5) is 4.39 Å². The molecule has 0 bridgehead atoms. The molecule has 1 aromatic heterocycles. The van der Waals surface area contributed by atoms with Gasteiger partial charge >= 0.3 is 0 Å². The summed E-state index contributed by atoms with van der Waals surface area (Å²) in [5, 5.41) is 14.9. The lowest BCUT2D eigenvalue weighted by atomic mass is 9.85. The molecule has 0 radical (unpaired) electrons. The lowest BCUT2D eigenvalue weighted by Gasteiger charge is -2.27. The van der Waals surface area contributed by atoms with Crippen LogP contribution in [0.1, 0.15) is 45.2 Å². The van der Waals surface area contributed by atoms with Crippen molar-refractivity contribution >= 4 is 17.7 Å². The third-order valence-corrected chi connectivity index (χ3v) is 4.58. The summed E-state index contributed by atoms with van der Waals surface area (Å²) in [7, 11) is 1.76. The van der Waals surface area contributed by atoms with Gasteiger partial charge in [0.25, 0.3) is 0 Å². The van der Waals surface area contributed by atoms with Gasteiger partial charge in [-0.1, -0.05) is 44.7 Å². The number of hydrogen-bond donors (Lipinski definition) is 1. The van der Waals surface area contributed by atoms with Crippen LogP contribution < -0.4 is 5.32 Å². The minimum absolute atomic E-state index is 0.0331. The summed E-state index contributed by atoms with van der Waals surface area (Å²) in [5.74, 6) is 0.269. The maximum Gasteiger partial charge on any atom is 0.221 e. The highest BCUT2D eigenvalue weighted by Gasteiger charge is 2.22. The van der Waals surface area contributed by atoms with Gasteiger partial charge in [0.1, 0.15) is 5.82 Å². The highest BCUT2D eigenvalue weighted by molar-refractivity contribution is 7.99. The number of benzene rings is 1. The lowest BCUT2D eigenvalue weighted by Crippen LogP contribution is -2.31. The summed E-state index contributed by atoms with van der Waals surface area (Å²) in [6.45, 7) is 6.35. The van der Waals surface area contributed by atoms with Crippen molar-refractivity contribution in [1.29, 1.82) is 0 Å². The van der Waals surface area contributed by atoms with E-state index in [2.05, 4.69) is 41.6 Å². The molecule has 0 fully saturated rings. The van der Waals surface area contributed by atoms with Gasteiger partial charge < -0.3 is 5.32 Å². The molecule has 8 heteroatoms. The monoisotopic (exact) mass is 365 g/mol. The number of amides is 1. The summed E-state index contributed by atoms with van der Waals surface area (Å²) in [6, 6.07) is 6.16. The smallest absolute Gasteiger partial charge is 0.221 e. The average molecular weight is 365 g/mol. The van der Waals surface area contributed by atoms with E-state index in [9.17, 15) is 9.18 Å². The Morgan fingerprint density at radius 1 is 1.32 bits per heavy atom. The maximum absolute atomic E-state index is 13.2. The molecular formula is C17H24FN5OS. The summed E-state index contributed by atoms with van der Waals surface area (Å²) < 4.78 is 14.7.